The Kier molecular flexibility index (Phi) is 3.22. The quantitative estimate of drug-likeness (QED) is 0.298. The van der Waals surface area contributed by atoms with Crippen molar-refractivity contribution in [3.8, 4) is 11.5 Å². The highest BCUT2D eigenvalue weighted by molar-refractivity contribution is 7.80. The molecule has 1 aromatic rings. The Bertz CT molecular complexity index is 624. The molecule has 3 N–H and O–H groups in total. The number of amides is 2. The lowest BCUT2D eigenvalue weighted by molar-refractivity contribution is -0.128. The van der Waals surface area contributed by atoms with Gasteiger partial charge >= 0.3 is 0 Å². The lowest BCUT2D eigenvalue weighted by atomic mass is 10.1. The molecule has 0 atom stereocenters. The number of nitrogens with zero attached hydrogens (tertiary/aromatic N) is 1. The maximum absolute atomic E-state index is 11.9. The van der Waals surface area contributed by atoms with Gasteiger partial charge in [-0.05, 0) is 36.0 Å². The van der Waals surface area contributed by atoms with Crippen LogP contribution in [0.5, 0.6) is 11.5 Å². The molecule has 0 unspecified atom stereocenters. The molecule has 1 aromatic carbocycles. The summed E-state index contributed by atoms with van der Waals surface area (Å²) >= 11 is 4.81. The number of benzene rings is 1. The zero-order valence-electron chi connectivity index (χ0n) is 9.88. The molecule has 0 aromatic heterocycles. The standard InChI is InChI=1S/C12H10N2O4S/c1-14-11(18)7(10(17)13-12(14)19)4-6-2-3-8(15)9(16)5-6/h2-5,15-16H,1H3,(H,13,17,19)/b7-4+. The van der Waals surface area contributed by atoms with Gasteiger partial charge in [-0.1, -0.05) is 6.07 Å². The Hall–Kier alpha value is -2.41. The van der Waals surface area contributed by atoms with Crippen molar-refractivity contribution >= 4 is 35.2 Å². The second-order valence-electron chi connectivity index (χ2n) is 3.93. The minimum absolute atomic E-state index is 0.0423. The van der Waals surface area contributed by atoms with E-state index in [9.17, 15) is 19.8 Å². The van der Waals surface area contributed by atoms with Crippen molar-refractivity contribution < 1.29 is 19.8 Å². The molecule has 2 rings (SSSR count). The lowest BCUT2D eigenvalue weighted by Gasteiger charge is -2.25. The van der Waals surface area contributed by atoms with Gasteiger partial charge in [-0.25, -0.2) is 0 Å². The van der Waals surface area contributed by atoms with E-state index in [1.165, 1.54) is 31.3 Å². The summed E-state index contributed by atoms with van der Waals surface area (Å²) in [4.78, 5) is 24.7. The van der Waals surface area contributed by atoms with E-state index in [0.717, 1.165) is 4.90 Å². The zero-order chi connectivity index (χ0) is 14.2. The number of hydrogen-bond donors (Lipinski definition) is 3. The number of aromatic hydroxyl groups is 2. The topological polar surface area (TPSA) is 89.9 Å². The minimum Gasteiger partial charge on any atom is -0.504 e. The van der Waals surface area contributed by atoms with Crippen molar-refractivity contribution in [1.29, 1.82) is 0 Å². The molecule has 1 heterocycles. The molecule has 19 heavy (non-hydrogen) atoms. The number of carbonyl (C=O) groups excluding carboxylic acids is 2. The Morgan fingerprint density at radius 3 is 2.58 bits per heavy atom. The summed E-state index contributed by atoms with van der Waals surface area (Å²) < 4.78 is 0. The van der Waals surface area contributed by atoms with Crippen LogP contribution >= 0.6 is 12.2 Å². The Labute approximate surface area is 114 Å². The first-order valence-electron chi connectivity index (χ1n) is 5.27. The SMILES string of the molecule is CN1C(=O)/C(=C/c2ccc(O)c(O)c2)C(=O)NC1=S. The van der Waals surface area contributed by atoms with Crippen LogP contribution in [0.25, 0.3) is 6.08 Å². The van der Waals surface area contributed by atoms with Gasteiger partial charge in [0.05, 0.1) is 0 Å². The highest BCUT2D eigenvalue weighted by atomic mass is 32.1. The predicted molar refractivity (Wildman–Crippen MR) is 71.3 cm³/mol. The van der Waals surface area contributed by atoms with Crippen molar-refractivity contribution in [2.24, 2.45) is 0 Å². The fourth-order valence-electron chi connectivity index (χ4n) is 1.54. The first-order valence-corrected chi connectivity index (χ1v) is 5.68. The summed E-state index contributed by atoms with van der Waals surface area (Å²) in [5.74, 6) is -1.73. The van der Waals surface area contributed by atoms with Crippen LogP contribution in [0.4, 0.5) is 0 Å². The van der Waals surface area contributed by atoms with Crippen molar-refractivity contribution in [3.05, 3.63) is 29.3 Å². The molecule has 0 bridgehead atoms. The highest BCUT2D eigenvalue weighted by Crippen LogP contribution is 2.26. The minimum atomic E-state index is -0.597. The van der Waals surface area contributed by atoms with E-state index in [1.807, 2.05) is 0 Å². The summed E-state index contributed by atoms with van der Waals surface area (Å²) in [6.07, 6.45) is 1.31. The third kappa shape index (κ3) is 2.41. The predicted octanol–water partition coefficient (Wildman–Crippen LogP) is 0.354. The number of likely N-dealkylation sites (N-methyl/N-ethyl adjacent to an activating group) is 1. The first-order chi connectivity index (χ1) is 8.90. The number of phenolic OH excluding ortho intramolecular Hbond substituents is 2. The average Bonchev–Trinajstić information content (AvgIpc) is 2.36. The molecule has 98 valence electrons. The van der Waals surface area contributed by atoms with Gasteiger partial charge in [0.2, 0.25) is 0 Å². The van der Waals surface area contributed by atoms with Gasteiger partial charge in [0.15, 0.2) is 16.6 Å². The van der Waals surface area contributed by atoms with Gasteiger partial charge in [0.25, 0.3) is 11.8 Å². The molecular formula is C12H10N2O4S. The van der Waals surface area contributed by atoms with Crippen molar-refractivity contribution in [2.75, 3.05) is 7.05 Å². The summed E-state index contributed by atoms with van der Waals surface area (Å²) in [5.41, 5.74) is 0.316. The number of nitrogens with one attached hydrogen (secondary N) is 1. The molecule has 0 radical (unpaired) electrons. The molecule has 0 spiro atoms. The third-order valence-corrected chi connectivity index (χ3v) is 2.99. The fraction of sp³-hybridized carbons (Fsp3) is 0.0833. The summed E-state index contributed by atoms with van der Waals surface area (Å²) in [7, 11) is 1.45. The number of rotatable bonds is 1. The van der Waals surface area contributed by atoms with Crippen LogP contribution < -0.4 is 5.32 Å². The summed E-state index contributed by atoms with van der Waals surface area (Å²) in [6, 6.07) is 3.98. The Morgan fingerprint density at radius 2 is 1.95 bits per heavy atom. The van der Waals surface area contributed by atoms with Gasteiger partial charge in [-0.3, -0.25) is 19.8 Å². The molecule has 2 amide bonds. The van der Waals surface area contributed by atoms with Gasteiger partial charge in [-0.2, -0.15) is 0 Å². The zero-order valence-corrected chi connectivity index (χ0v) is 10.7. The number of hydrogen-bond acceptors (Lipinski definition) is 5. The second-order valence-corrected chi connectivity index (χ2v) is 4.32. The summed E-state index contributed by atoms with van der Waals surface area (Å²) in [5, 5.41) is 21.0. The highest BCUT2D eigenvalue weighted by Gasteiger charge is 2.30. The van der Waals surface area contributed by atoms with Crippen LogP contribution in [0.15, 0.2) is 23.8 Å². The average molecular weight is 278 g/mol. The molecule has 1 aliphatic rings. The first kappa shape index (κ1) is 13.0. The maximum Gasteiger partial charge on any atom is 0.265 e. The Morgan fingerprint density at radius 1 is 1.26 bits per heavy atom. The normalized spacial score (nSPS) is 17.8. The van der Waals surface area contributed by atoms with Gasteiger partial charge in [0.1, 0.15) is 5.57 Å². The van der Waals surface area contributed by atoms with E-state index < -0.39 is 11.8 Å². The molecule has 1 aliphatic heterocycles. The molecule has 6 nitrogen and oxygen atoms in total. The van der Waals surface area contributed by atoms with Crippen LogP contribution in [-0.4, -0.2) is 39.1 Å². The lowest BCUT2D eigenvalue weighted by Crippen LogP contribution is -2.52. The number of thiocarbonyl (C=S) groups is 1. The van der Waals surface area contributed by atoms with Gasteiger partial charge < -0.3 is 10.2 Å². The van der Waals surface area contributed by atoms with E-state index in [4.69, 9.17) is 12.2 Å². The smallest absolute Gasteiger partial charge is 0.265 e. The van der Waals surface area contributed by atoms with Crippen molar-refractivity contribution in [3.63, 3.8) is 0 Å². The molecule has 0 saturated carbocycles. The third-order valence-electron chi connectivity index (χ3n) is 2.62. The van der Waals surface area contributed by atoms with Crippen LogP contribution in [0.3, 0.4) is 0 Å². The van der Waals surface area contributed by atoms with Gasteiger partial charge in [0, 0.05) is 7.05 Å². The molecule has 0 aliphatic carbocycles. The molecule has 1 saturated heterocycles. The molecule has 7 heteroatoms. The van der Waals surface area contributed by atoms with Crippen molar-refractivity contribution in [1.82, 2.24) is 10.2 Å². The Balaban J connectivity index is 2.41. The van der Waals surface area contributed by atoms with E-state index in [1.54, 1.807) is 0 Å². The summed E-state index contributed by atoms with van der Waals surface area (Å²) in [6.45, 7) is 0. The van der Waals surface area contributed by atoms with Crippen LogP contribution in [-0.2, 0) is 9.59 Å². The fourth-order valence-corrected chi connectivity index (χ4v) is 1.72. The maximum atomic E-state index is 11.9. The van der Waals surface area contributed by atoms with Crippen molar-refractivity contribution in [2.45, 2.75) is 0 Å². The largest absolute Gasteiger partial charge is 0.504 e. The molecular weight excluding hydrogens is 268 g/mol. The molecule has 1 fully saturated rings. The van der Waals surface area contributed by atoms with Gasteiger partial charge in [-0.15, -0.1) is 0 Å². The van der Waals surface area contributed by atoms with E-state index in [0.29, 0.717) is 5.56 Å². The second kappa shape index (κ2) is 4.69. The van der Waals surface area contributed by atoms with Crippen LogP contribution in [0.2, 0.25) is 0 Å². The monoisotopic (exact) mass is 278 g/mol. The van der Waals surface area contributed by atoms with E-state index in [-0.39, 0.29) is 22.2 Å². The van der Waals surface area contributed by atoms with Crippen LogP contribution in [0, 0.1) is 0 Å². The number of carbonyl (C=O) groups is 2. The van der Waals surface area contributed by atoms with E-state index in [2.05, 4.69) is 5.32 Å². The number of phenols is 2. The van der Waals surface area contributed by atoms with E-state index >= 15 is 0 Å². The van der Waals surface area contributed by atoms with Crippen LogP contribution in [0.1, 0.15) is 5.56 Å².